The summed E-state index contributed by atoms with van der Waals surface area (Å²) in [6, 6.07) is 4.19. The van der Waals surface area contributed by atoms with E-state index in [0.717, 1.165) is 5.13 Å². The fourth-order valence-corrected chi connectivity index (χ4v) is 3.49. The first-order chi connectivity index (χ1) is 9.99. The van der Waals surface area contributed by atoms with Crippen LogP contribution in [0, 0.1) is 5.82 Å². The SMILES string of the molecule is COc1ccc(F)cc1C[S@@](=O)Cc1nsc(N(C)C)n1. The van der Waals surface area contributed by atoms with E-state index in [1.165, 1.54) is 36.8 Å². The molecule has 0 unspecified atom stereocenters. The van der Waals surface area contributed by atoms with Crippen molar-refractivity contribution < 1.29 is 13.3 Å². The van der Waals surface area contributed by atoms with Gasteiger partial charge in [0.25, 0.3) is 0 Å². The minimum absolute atomic E-state index is 0.206. The highest BCUT2D eigenvalue weighted by Crippen LogP contribution is 2.22. The Balaban J connectivity index is 2.06. The van der Waals surface area contributed by atoms with Crippen LogP contribution in [-0.4, -0.2) is 34.8 Å². The van der Waals surface area contributed by atoms with Crippen LogP contribution in [0.15, 0.2) is 18.2 Å². The number of methoxy groups -OCH3 is 1. The second-order valence-corrected chi connectivity index (χ2v) is 6.76. The molecular weight excluding hydrogens is 313 g/mol. The van der Waals surface area contributed by atoms with Crippen LogP contribution < -0.4 is 9.64 Å². The smallest absolute Gasteiger partial charge is 0.204 e. The average Bonchev–Trinajstić information content (AvgIpc) is 2.87. The zero-order valence-corrected chi connectivity index (χ0v) is 13.6. The van der Waals surface area contributed by atoms with Gasteiger partial charge in [-0.05, 0) is 18.2 Å². The lowest BCUT2D eigenvalue weighted by Crippen LogP contribution is -2.08. The molecule has 0 spiro atoms. The van der Waals surface area contributed by atoms with Crippen molar-refractivity contribution in [1.82, 2.24) is 9.36 Å². The van der Waals surface area contributed by atoms with E-state index in [1.54, 1.807) is 0 Å². The largest absolute Gasteiger partial charge is 0.496 e. The first-order valence-electron chi connectivity index (χ1n) is 6.17. The Morgan fingerprint density at radius 1 is 1.38 bits per heavy atom. The fraction of sp³-hybridized carbons (Fsp3) is 0.385. The molecule has 114 valence electrons. The van der Waals surface area contributed by atoms with Gasteiger partial charge in [-0.25, -0.2) is 9.37 Å². The lowest BCUT2D eigenvalue weighted by molar-refractivity contribution is 0.410. The predicted molar refractivity (Wildman–Crippen MR) is 82.7 cm³/mol. The fourth-order valence-electron chi connectivity index (χ4n) is 1.71. The number of hydrogen-bond donors (Lipinski definition) is 0. The topological polar surface area (TPSA) is 55.3 Å². The molecule has 0 radical (unpaired) electrons. The maximum absolute atomic E-state index is 13.3. The summed E-state index contributed by atoms with van der Waals surface area (Å²) in [7, 11) is 4.03. The van der Waals surface area contributed by atoms with E-state index in [0.29, 0.717) is 17.1 Å². The van der Waals surface area contributed by atoms with Crippen molar-refractivity contribution in [3.63, 3.8) is 0 Å². The zero-order valence-electron chi connectivity index (χ0n) is 12.0. The third-order valence-corrected chi connectivity index (χ3v) is 4.82. The van der Waals surface area contributed by atoms with Gasteiger partial charge in [0.15, 0.2) is 5.82 Å². The van der Waals surface area contributed by atoms with Gasteiger partial charge in [0.05, 0.1) is 18.6 Å². The third kappa shape index (κ3) is 4.21. The average molecular weight is 329 g/mol. The summed E-state index contributed by atoms with van der Waals surface area (Å²) in [4.78, 5) is 6.13. The second-order valence-electron chi connectivity index (χ2n) is 4.57. The number of halogens is 1. The normalized spacial score (nSPS) is 12.2. The van der Waals surface area contributed by atoms with Gasteiger partial charge < -0.3 is 9.64 Å². The van der Waals surface area contributed by atoms with E-state index >= 15 is 0 Å². The van der Waals surface area contributed by atoms with Crippen LogP contribution in [0.3, 0.4) is 0 Å². The van der Waals surface area contributed by atoms with Crippen molar-refractivity contribution in [1.29, 1.82) is 0 Å². The first kappa shape index (κ1) is 15.8. The Morgan fingerprint density at radius 3 is 2.76 bits per heavy atom. The zero-order chi connectivity index (χ0) is 15.4. The van der Waals surface area contributed by atoms with Crippen molar-refractivity contribution in [3.05, 3.63) is 35.4 Å². The van der Waals surface area contributed by atoms with Gasteiger partial charge in [-0.2, -0.15) is 4.37 Å². The molecule has 0 aliphatic carbocycles. The Kier molecular flexibility index (Phi) is 5.24. The molecule has 1 atom stereocenters. The maximum atomic E-state index is 13.3. The van der Waals surface area contributed by atoms with Crippen LogP contribution in [0.25, 0.3) is 0 Å². The first-order valence-corrected chi connectivity index (χ1v) is 8.43. The number of benzene rings is 1. The van der Waals surface area contributed by atoms with Gasteiger partial charge >= 0.3 is 0 Å². The van der Waals surface area contributed by atoms with E-state index in [4.69, 9.17) is 4.74 Å². The number of rotatable bonds is 6. The predicted octanol–water partition coefficient (Wildman–Crippen LogP) is 2.20. The molecule has 2 aromatic rings. The molecule has 1 aromatic heterocycles. The van der Waals surface area contributed by atoms with E-state index in [9.17, 15) is 8.60 Å². The van der Waals surface area contributed by atoms with Crippen LogP contribution in [0.4, 0.5) is 9.52 Å². The highest BCUT2D eigenvalue weighted by molar-refractivity contribution is 7.83. The Labute approximate surface area is 129 Å². The summed E-state index contributed by atoms with van der Waals surface area (Å²) < 4.78 is 34.8. The van der Waals surface area contributed by atoms with E-state index in [1.807, 2.05) is 19.0 Å². The van der Waals surface area contributed by atoms with Crippen molar-refractivity contribution in [2.75, 3.05) is 26.1 Å². The minimum Gasteiger partial charge on any atom is -0.496 e. The Morgan fingerprint density at radius 2 is 2.14 bits per heavy atom. The molecule has 0 N–H and O–H groups in total. The highest BCUT2D eigenvalue weighted by atomic mass is 32.2. The van der Waals surface area contributed by atoms with Crippen LogP contribution in [0.5, 0.6) is 5.75 Å². The molecular formula is C13H16FN3O2S2. The molecule has 0 fully saturated rings. The summed E-state index contributed by atoms with van der Waals surface area (Å²) in [5, 5.41) is 0.769. The van der Waals surface area contributed by atoms with Gasteiger partial charge in [0.1, 0.15) is 11.6 Å². The standard InChI is InChI=1S/C13H16FN3O2S2/c1-17(2)13-15-12(16-20-13)8-21(18)7-9-6-10(14)4-5-11(9)19-3/h4-6H,7-8H2,1-3H3/t21-/m1/s1. The molecule has 1 heterocycles. The summed E-state index contributed by atoms with van der Waals surface area (Å²) in [5.74, 6) is 1.15. The summed E-state index contributed by atoms with van der Waals surface area (Å²) in [6.07, 6.45) is 0. The second kappa shape index (κ2) is 6.95. The molecule has 0 aliphatic rings. The molecule has 0 bridgehead atoms. The van der Waals surface area contributed by atoms with Gasteiger partial charge in [-0.15, -0.1) is 0 Å². The van der Waals surface area contributed by atoms with Crippen molar-refractivity contribution in [3.8, 4) is 5.75 Å². The molecule has 0 amide bonds. The van der Waals surface area contributed by atoms with Crippen LogP contribution in [0.1, 0.15) is 11.4 Å². The molecule has 0 saturated carbocycles. The van der Waals surface area contributed by atoms with E-state index < -0.39 is 10.8 Å². The Hall–Kier alpha value is -1.54. The van der Waals surface area contributed by atoms with E-state index in [2.05, 4.69) is 9.36 Å². The molecule has 5 nitrogen and oxygen atoms in total. The lowest BCUT2D eigenvalue weighted by Gasteiger charge is -2.08. The molecule has 2 rings (SSSR count). The number of hydrogen-bond acceptors (Lipinski definition) is 6. The van der Waals surface area contributed by atoms with Crippen molar-refractivity contribution >= 4 is 27.5 Å². The minimum atomic E-state index is -1.23. The summed E-state index contributed by atoms with van der Waals surface area (Å²) >= 11 is 1.26. The highest BCUT2D eigenvalue weighted by Gasteiger charge is 2.13. The lowest BCUT2D eigenvalue weighted by atomic mass is 10.2. The van der Waals surface area contributed by atoms with Gasteiger partial charge in [-0.3, -0.25) is 4.21 Å². The van der Waals surface area contributed by atoms with Crippen LogP contribution in [0.2, 0.25) is 0 Å². The number of aromatic nitrogens is 2. The van der Waals surface area contributed by atoms with Crippen LogP contribution in [-0.2, 0) is 22.3 Å². The number of anilines is 1. The molecule has 1 aromatic carbocycles. The number of nitrogens with zero attached hydrogens (tertiary/aromatic N) is 3. The van der Waals surface area contributed by atoms with Crippen LogP contribution >= 0.6 is 11.5 Å². The van der Waals surface area contributed by atoms with Crippen molar-refractivity contribution in [2.45, 2.75) is 11.5 Å². The molecule has 0 aliphatic heterocycles. The molecule has 8 heteroatoms. The molecule has 0 saturated heterocycles. The monoisotopic (exact) mass is 329 g/mol. The van der Waals surface area contributed by atoms with Gasteiger partial charge in [0.2, 0.25) is 5.13 Å². The van der Waals surface area contributed by atoms with E-state index in [-0.39, 0.29) is 17.3 Å². The van der Waals surface area contributed by atoms with Crippen molar-refractivity contribution in [2.24, 2.45) is 0 Å². The Bertz CT molecular complexity index is 646. The maximum Gasteiger partial charge on any atom is 0.204 e. The molecule has 21 heavy (non-hydrogen) atoms. The quantitative estimate of drug-likeness (QED) is 0.813. The van der Waals surface area contributed by atoms with Gasteiger partial charge in [-0.1, -0.05) is 0 Å². The number of ether oxygens (including phenoxy) is 1. The van der Waals surface area contributed by atoms with Gasteiger partial charge in [0, 0.05) is 42.0 Å². The summed E-state index contributed by atoms with van der Waals surface area (Å²) in [5.41, 5.74) is 0.582. The summed E-state index contributed by atoms with van der Waals surface area (Å²) in [6.45, 7) is 0. The third-order valence-electron chi connectivity index (χ3n) is 2.69.